The summed E-state index contributed by atoms with van der Waals surface area (Å²) in [6, 6.07) is 0.407. The van der Waals surface area contributed by atoms with E-state index in [0.717, 1.165) is 44.6 Å². The lowest BCUT2D eigenvalue weighted by Gasteiger charge is -2.32. The Morgan fingerprint density at radius 3 is 2.68 bits per heavy atom. The summed E-state index contributed by atoms with van der Waals surface area (Å²) in [6.45, 7) is 9.51. The molecule has 0 N–H and O–H groups in total. The molecule has 0 aromatic carbocycles. The molecule has 1 saturated heterocycles. The molecule has 1 aromatic rings. The van der Waals surface area contributed by atoms with E-state index >= 15 is 0 Å². The van der Waals surface area contributed by atoms with Gasteiger partial charge in [0.1, 0.15) is 0 Å². The van der Waals surface area contributed by atoms with Crippen molar-refractivity contribution in [1.82, 2.24) is 14.7 Å². The maximum absolute atomic E-state index is 11.7. The van der Waals surface area contributed by atoms with Crippen molar-refractivity contribution < 1.29 is 9.53 Å². The van der Waals surface area contributed by atoms with Gasteiger partial charge < -0.3 is 4.74 Å². The van der Waals surface area contributed by atoms with Crippen LogP contribution in [0.4, 0.5) is 0 Å². The van der Waals surface area contributed by atoms with Crippen LogP contribution in [0, 0.1) is 18.3 Å². The highest BCUT2D eigenvalue weighted by Crippen LogP contribution is 2.59. The molecule has 122 valence electrons. The number of piperidine rings is 1. The van der Waals surface area contributed by atoms with Gasteiger partial charge in [0, 0.05) is 24.3 Å². The van der Waals surface area contributed by atoms with E-state index < -0.39 is 0 Å². The van der Waals surface area contributed by atoms with E-state index in [0.29, 0.717) is 6.04 Å². The van der Waals surface area contributed by atoms with E-state index in [1.165, 1.54) is 12.7 Å². The third kappa shape index (κ3) is 2.78. The lowest BCUT2D eigenvalue weighted by atomic mass is 9.90. The number of rotatable bonds is 4. The van der Waals surface area contributed by atoms with Crippen molar-refractivity contribution in [2.75, 3.05) is 20.2 Å². The minimum atomic E-state index is -0.0116. The SMILES string of the molecule is COC(=O)[C@@H]1CC12CCN(Cc1cn(C(C)C)nc1C)CC2. The molecule has 2 fully saturated rings. The normalized spacial score (nSPS) is 24.0. The van der Waals surface area contributed by atoms with E-state index in [1.54, 1.807) is 0 Å². The van der Waals surface area contributed by atoms with Crippen LogP contribution < -0.4 is 0 Å². The molecule has 5 heteroatoms. The number of carbonyl (C=O) groups excluding carboxylic acids is 1. The molecule has 0 amide bonds. The van der Waals surface area contributed by atoms with E-state index in [-0.39, 0.29) is 17.3 Å². The lowest BCUT2D eigenvalue weighted by molar-refractivity contribution is -0.143. The monoisotopic (exact) mass is 305 g/mol. The molecular weight excluding hydrogens is 278 g/mol. The number of aryl methyl sites for hydroxylation is 1. The zero-order valence-electron chi connectivity index (χ0n) is 14.1. The second kappa shape index (κ2) is 5.69. The van der Waals surface area contributed by atoms with E-state index in [2.05, 4.69) is 37.0 Å². The summed E-state index contributed by atoms with van der Waals surface area (Å²) in [6.07, 6.45) is 5.44. The largest absolute Gasteiger partial charge is 0.469 e. The first-order valence-electron chi connectivity index (χ1n) is 8.30. The van der Waals surface area contributed by atoms with Gasteiger partial charge in [-0.2, -0.15) is 5.10 Å². The van der Waals surface area contributed by atoms with Gasteiger partial charge in [0.15, 0.2) is 0 Å². The van der Waals surface area contributed by atoms with Crippen LogP contribution in [0.25, 0.3) is 0 Å². The molecule has 1 aliphatic heterocycles. The van der Waals surface area contributed by atoms with Crippen LogP contribution in [-0.4, -0.2) is 40.8 Å². The number of likely N-dealkylation sites (tertiary alicyclic amines) is 1. The highest BCUT2D eigenvalue weighted by molar-refractivity contribution is 5.76. The van der Waals surface area contributed by atoms with Gasteiger partial charge in [-0.3, -0.25) is 14.4 Å². The number of nitrogens with zero attached hydrogens (tertiary/aromatic N) is 3. The number of carbonyl (C=O) groups is 1. The van der Waals surface area contributed by atoms with Gasteiger partial charge in [0.05, 0.1) is 18.7 Å². The Morgan fingerprint density at radius 2 is 2.14 bits per heavy atom. The Hall–Kier alpha value is -1.36. The molecule has 1 spiro atoms. The molecule has 1 aliphatic carbocycles. The Bertz CT molecular complexity index is 556. The van der Waals surface area contributed by atoms with Crippen LogP contribution in [0.3, 0.4) is 0 Å². The van der Waals surface area contributed by atoms with Gasteiger partial charge in [-0.25, -0.2) is 0 Å². The molecule has 1 saturated carbocycles. The molecule has 0 radical (unpaired) electrons. The predicted octanol–water partition coefficient (Wildman–Crippen LogP) is 2.55. The van der Waals surface area contributed by atoms with Crippen molar-refractivity contribution in [3.05, 3.63) is 17.5 Å². The number of hydrogen-bond acceptors (Lipinski definition) is 4. The Kier molecular flexibility index (Phi) is 4.02. The summed E-state index contributed by atoms with van der Waals surface area (Å²) < 4.78 is 6.95. The van der Waals surface area contributed by atoms with E-state index in [1.807, 2.05) is 4.68 Å². The Morgan fingerprint density at radius 1 is 1.45 bits per heavy atom. The van der Waals surface area contributed by atoms with Crippen LogP contribution in [0.15, 0.2) is 6.20 Å². The third-order valence-corrected chi connectivity index (χ3v) is 5.47. The van der Waals surface area contributed by atoms with Gasteiger partial charge in [-0.1, -0.05) is 0 Å². The standard InChI is InChI=1S/C17H27N3O2/c1-12(2)20-11-14(13(3)18-20)10-19-7-5-17(6-8-19)9-15(17)16(21)22-4/h11-12,15H,5-10H2,1-4H3/t15-/m0/s1. The summed E-state index contributed by atoms with van der Waals surface area (Å²) >= 11 is 0. The van der Waals surface area contributed by atoms with Crippen molar-refractivity contribution >= 4 is 5.97 Å². The molecule has 2 heterocycles. The quantitative estimate of drug-likeness (QED) is 0.802. The first kappa shape index (κ1) is 15.5. The average molecular weight is 305 g/mol. The smallest absolute Gasteiger partial charge is 0.309 e. The van der Waals surface area contributed by atoms with Crippen LogP contribution in [0.5, 0.6) is 0 Å². The highest BCUT2D eigenvalue weighted by atomic mass is 16.5. The zero-order valence-corrected chi connectivity index (χ0v) is 14.1. The van der Waals surface area contributed by atoms with Crippen LogP contribution in [0.1, 0.15) is 50.4 Å². The van der Waals surface area contributed by atoms with Gasteiger partial charge in [0.2, 0.25) is 0 Å². The molecule has 1 atom stereocenters. The number of methoxy groups -OCH3 is 1. The molecule has 1 aromatic heterocycles. The Balaban J connectivity index is 1.56. The van der Waals surface area contributed by atoms with Crippen LogP contribution >= 0.6 is 0 Å². The number of aromatic nitrogens is 2. The lowest BCUT2D eigenvalue weighted by Crippen LogP contribution is -2.35. The van der Waals surface area contributed by atoms with Crippen LogP contribution in [0.2, 0.25) is 0 Å². The Labute approximate surface area is 132 Å². The fourth-order valence-corrected chi connectivity index (χ4v) is 3.71. The van der Waals surface area contributed by atoms with Crippen LogP contribution in [-0.2, 0) is 16.1 Å². The van der Waals surface area contributed by atoms with Crippen molar-refractivity contribution in [3.8, 4) is 0 Å². The van der Waals surface area contributed by atoms with Gasteiger partial charge >= 0.3 is 5.97 Å². The molecule has 2 aliphatic rings. The van der Waals surface area contributed by atoms with Crippen molar-refractivity contribution in [1.29, 1.82) is 0 Å². The second-order valence-electron chi connectivity index (χ2n) is 7.23. The minimum Gasteiger partial charge on any atom is -0.469 e. The fourth-order valence-electron chi connectivity index (χ4n) is 3.71. The summed E-state index contributed by atoms with van der Waals surface area (Å²) in [7, 11) is 1.50. The second-order valence-corrected chi connectivity index (χ2v) is 7.23. The number of hydrogen-bond donors (Lipinski definition) is 0. The van der Waals surface area contributed by atoms with E-state index in [9.17, 15) is 4.79 Å². The van der Waals surface area contributed by atoms with Crippen molar-refractivity contribution in [2.24, 2.45) is 11.3 Å². The summed E-state index contributed by atoms with van der Waals surface area (Å²) in [5, 5.41) is 4.59. The van der Waals surface area contributed by atoms with Gasteiger partial charge in [-0.15, -0.1) is 0 Å². The predicted molar refractivity (Wildman–Crippen MR) is 84.4 cm³/mol. The molecule has 5 nitrogen and oxygen atoms in total. The molecule has 3 rings (SSSR count). The molecule has 0 unspecified atom stereocenters. The highest BCUT2D eigenvalue weighted by Gasteiger charge is 2.59. The summed E-state index contributed by atoms with van der Waals surface area (Å²) in [4.78, 5) is 14.2. The third-order valence-electron chi connectivity index (χ3n) is 5.47. The fraction of sp³-hybridized carbons (Fsp3) is 0.765. The van der Waals surface area contributed by atoms with E-state index in [4.69, 9.17) is 4.74 Å². The average Bonchev–Trinajstić information content (AvgIpc) is 3.08. The summed E-state index contributed by atoms with van der Waals surface area (Å²) in [5.41, 5.74) is 2.71. The van der Waals surface area contributed by atoms with Gasteiger partial charge in [-0.05, 0) is 58.5 Å². The van der Waals surface area contributed by atoms with Crippen molar-refractivity contribution in [2.45, 2.75) is 52.6 Å². The van der Waals surface area contributed by atoms with Gasteiger partial charge in [0.25, 0.3) is 0 Å². The maximum Gasteiger partial charge on any atom is 0.309 e. The number of ether oxygens (including phenoxy) is 1. The van der Waals surface area contributed by atoms with Crippen molar-refractivity contribution in [3.63, 3.8) is 0 Å². The zero-order chi connectivity index (χ0) is 15.9. The first-order chi connectivity index (χ1) is 10.4. The molecule has 0 bridgehead atoms. The molecular formula is C17H27N3O2. The number of esters is 1. The molecule has 22 heavy (non-hydrogen) atoms. The summed E-state index contributed by atoms with van der Waals surface area (Å²) in [5.74, 6) is 0.146. The first-order valence-corrected chi connectivity index (χ1v) is 8.30. The topological polar surface area (TPSA) is 47.4 Å². The maximum atomic E-state index is 11.7. The minimum absolute atomic E-state index is 0.0116.